The van der Waals surface area contributed by atoms with Crippen LogP contribution in [0.2, 0.25) is 0 Å². The lowest BCUT2D eigenvalue weighted by atomic mass is 10.1. The third-order valence-electron chi connectivity index (χ3n) is 1.63. The lowest BCUT2D eigenvalue weighted by Gasteiger charge is -2.31. The molecule has 0 fully saturated rings. The zero-order valence-corrected chi connectivity index (χ0v) is 8.95. The monoisotopic (exact) mass is 222 g/mol. The molecule has 0 aromatic heterocycles. The predicted molar refractivity (Wildman–Crippen MR) is 49.5 cm³/mol. The summed E-state index contributed by atoms with van der Waals surface area (Å²) < 4.78 is -1.36. The first kappa shape index (κ1) is 11.2. The number of hydrogen-bond acceptors (Lipinski definition) is 0. The maximum absolute atomic E-state index is 5.99. The van der Waals surface area contributed by atoms with E-state index in [1.807, 2.05) is 13.8 Å². The Bertz CT molecular complexity index is 101. The van der Waals surface area contributed by atoms with E-state index in [0.29, 0.717) is 12.8 Å². The molecule has 4 heteroatoms. The van der Waals surface area contributed by atoms with Gasteiger partial charge >= 0.3 is 0 Å². The highest BCUT2D eigenvalue weighted by Gasteiger charge is 2.43. The van der Waals surface area contributed by atoms with E-state index in [9.17, 15) is 0 Å². The summed E-state index contributed by atoms with van der Waals surface area (Å²) >= 11 is 22.9. The van der Waals surface area contributed by atoms with E-state index in [1.165, 1.54) is 0 Å². The molecule has 0 aromatic carbocycles. The third-order valence-corrected chi connectivity index (χ3v) is 3.82. The molecule has 0 heterocycles. The van der Waals surface area contributed by atoms with Gasteiger partial charge in [-0.25, -0.2) is 0 Å². The Hall–Kier alpha value is 1.16. The summed E-state index contributed by atoms with van der Waals surface area (Å²) in [6.07, 6.45) is 1.31. The van der Waals surface area contributed by atoms with E-state index >= 15 is 0 Å². The van der Waals surface area contributed by atoms with Gasteiger partial charge in [0.1, 0.15) is 0 Å². The van der Waals surface area contributed by atoms with Crippen LogP contribution in [0.15, 0.2) is 0 Å². The Labute approximate surface area is 81.8 Å². The van der Waals surface area contributed by atoms with Gasteiger partial charge in [0, 0.05) is 0 Å². The minimum absolute atomic E-state index is 0.654. The van der Waals surface area contributed by atoms with Crippen LogP contribution in [-0.4, -0.2) is 8.67 Å². The van der Waals surface area contributed by atoms with Crippen molar-refractivity contribution in [1.82, 2.24) is 0 Å². The molecular weight excluding hydrogens is 214 g/mol. The molecular formula is C6H10Cl4. The molecule has 0 amide bonds. The first-order valence-corrected chi connectivity index (χ1v) is 4.64. The van der Waals surface area contributed by atoms with Crippen molar-refractivity contribution in [3.8, 4) is 0 Å². The van der Waals surface area contributed by atoms with E-state index < -0.39 is 8.67 Å². The fraction of sp³-hybridized carbons (Fsp3) is 1.00. The van der Waals surface area contributed by atoms with Crippen molar-refractivity contribution >= 4 is 46.4 Å². The van der Waals surface area contributed by atoms with E-state index in [-0.39, 0.29) is 0 Å². The van der Waals surface area contributed by atoms with Gasteiger partial charge in [-0.3, -0.25) is 0 Å². The molecule has 10 heavy (non-hydrogen) atoms. The zero-order valence-electron chi connectivity index (χ0n) is 5.93. The van der Waals surface area contributed by atoms with E-state index in [4.69, 9.17) is 46.4 Å². The predicted octanol–water partition coefficient (Wildman–Crippen LogP) is 4.15. The first-order chi connectivity index (χ1) is 4.37. The lowest BCUT2D eigenvalue weighted by Crippen LogP contribution is -2.35. The van der Waals surface area contributed by atoms with Crippen molar-refractivity contribution in [1.29, 1.82) is 0 Å². The molecule has 0 saturated heterocycles. The van der Waals surface area contributed by atoms with Crippen molar-refractivity contribution in [2.24, 2.45) is 0 Å². The quantitative estimate of drug-likeness (QED) is 0.617. The Balaban J connectivity index is 4.33. The van der Waals surface area contributed by atoms with Gasteiger partial charge in [-0.15, -0.1) is 11.6 Å². The summed E-state index contributed by atoms with van der Waals surface area (Å²) in [6.45, 7) is 3.80. The maximum Gasteiger partial charge on any atom is 0.209 e. The molecule has 0 aliphatic carbocycles. The molecule has 0 nitrogen and oxygen atoms in total. The number of halogens is 4. The average Bonchev–Trinajstić information content (AvgIpc) is 1.84. The van der Waals surface area contributed by atoms with Crippen molar-refractivity contribution < 1.29 is 0 Å². The van der Waals surface area contributed by atoms with Crippen LogP contribution in [0, 0.1) is 0 Å². The molecule has 0 atom stereocenters. The highest BCUT2D eigenvalue weighted by atomic mass is 35.6. The highest BCUT2D eigenvalue weighted by molar-refractivity contribution is 6.71. The number of rotatable bonds is 2. The van der Waals surface area contributed by atoms with E-state index in [0.717, 1.165) is 0 Å². The summed E-state index contributed by atoms with van der Waals surface area (Å²) in [7, 11) is 0. The van der Waals surface area contributed by atoms with Gasteiger partial charge in [-0.2, -0.15) is 0 Å². The maximum atomic E-state index is 5.99. The topological polar surface area (TPSA) is 0 Å². The average molecular weight is 224 g/mol. The number of hydrogen-bond donors (Lipinski definition) is 0. The minimum atomic E-state index is -1.36. The fourth-order valence-corrected chi connectivity index (χ4v) is 1.45. The summed E-state index contributed by atoms with van der Waals surface area (Å²) in [5.74, 6) is 0. The summed E-state index contributed by atoms with van der Waals surface area (Å²) in [6, 6.07) is 0. The summed E-state index contributed by atoms with van der Waals surface area (Å²) in [5.41, 5.74) is 0. The standard InChI is InChI=1S/C6H10Cl4/c1-3-5(7,4-2)6(8,9)10/h3-4H2,1-2H3. The van der Waals surface area contributed by atoms with Gasteiger partial charge < -0.3 is 0 Å². The Kier molecular flexibility index (Phi) is 4.14. The molecule has 0 aliphatic heterocycles. The van der Waals surface area contributed by atoms with E-state index in [2.05, 4.69) is 0 Å². The van der Waals surface area contributed by atoms with Crippen molar-refractivity contribution in [3.05, 3.63) is 0 Å². The molecule has 0 saturated carbocycles. The van der Waals surface area contributed by atoms with Gasteiger partial charge in [0.2, 0.25) is 3.79 Å². The third kappa shape index (κ3) is 2.34. The molecule has 62 valence electrons. The van der Waals surface area contributed by atoms with Gasteiger partial charge in [-0.05, 0) is 12.8 Å². The normalized spacial score (nSPS) is 13.8. The van der Waals surface area contributed by atoms with Crippen LogP contribution in [0.4, 0.5) is 0 Å². The van der Waals surface area contributed by atoms with Gasteiger partial charge in [0.05, 0.1) is 4.87 Å². The summed E-state index contributed by atoms with van der Waals surface area (Å²) in [4.78, 5) is -0.711. The van der Waals surface area contributed by atoms with Crippen LogP contribution in [0.3, 0.4) is 0 Å². The second kappa shape index (κ2) is 3.71. The fourth-order valence-electron chi connectivity index (χ4n) is 0.651. The molecule has 0 aliphatic rings. The van der Waals surface area contributed by atoms with Gasteiger partial charge in [0.15, 0.2) is 0 Å². The van der Waals surface area contributed by atoms with Gasteiger partial charge in [0.25, 0.3) is 0 Å². The smallest absolute Gasteiger partial charge is 0.115 e. The molecule has 0 unspecified atom stereocenters. The van der Waals surface area contributed by atoms with E-state index in [1.54, 1.807) is 0 Å². The minimum Gasteiger partial charge on any atom is -0.115 e. The molecule has 0 N–H and O–H groups in total. The van der Waals surface area contributed by atoms with Crippen LogP contribution < -0.4 is 0 Å². The highest BCUT2D eigenvalue weighted by Crippen LogP contribution is 2.46. The molecule has 0 spiro atoms. The Morgan fingerprint density at radius 2 is 1.20 bits per heavy atom. The Morgan fingerprint density at radius 1 is 0.900 bits per heavy atom. The van der Waals surface area contributed by atoms with Crippen molar-refractivity contribution in [3.63, 3.8) is 0 Å². The number of alkyl halides is 4. The Morgan fingerprint density at radius 3 is 1.20 bits per heavy atom. The SMILES string of the molecule is CCC(Cl)(CC)C(Cl)(Cl)Cl. The van der Waals surface area contributed by atoms with Crippen LogP contribution in [0.25, 0.3) is 0 Å². The van der Waals surface area contributed by atoms with Crippen LogP contribution in [-0.2, 0) is 0 Å². The second-order valence-electron chi connectivity index (χ2n) is 2.17. The second-order valence-corrected chi connectivity index (χ2v) is 5.17. The van der Waals surface area contributed by atoms with Crippen LogP contribution in [0.5, 0.6) is 0 Å². The lowest BCUT2D eigenvalue weighted by molar-refractivity contribution is 0.546. The van der Waals surface area contributed by atoms with Crippen molar-refractivity contribution in [2.45, 2.75) is 35.4 Å². The molecule has 0 rings (SSSR count). The zero-order chi connectivity index (χ0) is 8.41. The molecule has 0 radical (unpaired) electrons. The molecule has 0 aromatic rings. The molecule has 0 bridgehead atoms. The first-order valence-electron chi connectivity index (χ1n) is 3.13. The largest absolute Gasteiger partial charge is 0.209 e. The summed E-state index contributed by atoms with van der Waals surface area (Å²) in [5, 5.41) is 0. The van der Waals surface area contributed by atoms with Crippen LogP contribution in [0.1, 0.15) is 26.7 Å². The van der Waals surface area contributed by atoms with Crippen LogP contribution >= 0.6 is 46.4 Å². The van der Waals surface area contributed by atoms with Gasteiger partial charge in [-0.1, -0.05) is 48.7 Å². The van der Waals surface area contributed by atoms with Crippen molar-refractivity contribution in [2.75, 3.05) is 0 Å².